The first kappa shape index (κ1) is 14.2. The van der Waals surface area contributed by atoms with Crippen molar-refractivity contribution in [3.05, 3.63) is 35.9 Å². The minimum Gasteiger partial charge on any atom is -0.314 e. The second-order valence-electron chi connectivity index (χ2n) is 4.18. The van der Waals surface area contributed by atoms with Crippen LogP contribution in [0.5, 0.6) is 0 Å². The van der Waals surface area contributed by atoms with E-state index in [1.807, 2.05) is 18.2 Å². The lowest BCUT2D eigenvalue weighted by atomic mass is 10.1. The van der Waals surface area contributed by atoms with E-state index in [-0.39, 0.29) is 5.75 Å². The maximum absolute atomic E-state index is 10.5. The van der Waals surface area contributed by atoms with Crippen molar-refractivity contribution in [3.8, 4) is 0 Å². The van der Waals surface area contributed by atoms with Crippen LogP contribution in [0.2, 0.25) is 0 Å². The lowest BCUT2D eigenvalue weighted by Crippen LogP contribution is -2.29. The molecule has 0 aliphatic rings. The quantitative estimate of drug-likeness (QED) is 0.573. The largest absolute Gasteiger partial charge is 0.314 e. The second kappa shape index (κ2) is 6.74. The average molecular weight is 257 g/mol. The monoisotopic (exact) mass is 257 g/mol. The molecular formula is C12H19NO3S. The minimum absolute atomic E-state index is 0.182. The molecule has 0 bridgehead atoms. The molecular weight excluding hydrogens is 238 g/mol. The second-order valence-corrected chi connectivity index (χ2v) is 5.76. The van der Waals surface area contributed by atoms with Crippen LogP contribution in [0.3, 0.4) is 0 Å². The van der Waals surface area contributed by atoms with Crippen LogP contribution in [0.1, 0.15) is 18.9 Å². The van der Waals surface area contributed by atoms with E-state index in [0.29, 0.717) is 19.0 Å². The molecule has 2 N–H and O–H groups in total. The van der Waals surface area contributed by atoms with Crippen LogP contribution in [-0.4, -0.2) is 31.3 Å². The molecule has 1 atom stereocenters. The molecule has 0 aliphatic carbocycles. The molecule has 0 radical (unpaired) electrons. The molecule has 96 valence electrons. The first-order valence-corrected chi connectivity index (χ1v) is 7.31. The van der Waals surface area contributed by atoms with Gasteiger partial charge in [-0.3, -0.25) is 4.55 Å². The van der Waals surface area contributed by atoms with Gasteiger partial charge in [0.15, 0.2) is 0 Å². The third-order valence-corrected chi connectivity index (χ3v) is 3.26. The van der Waals surface area contributed by atoms with Gasteiger partial charge < -0.3 is 5.32 Å². The van der Waals surface area contributed by atoms with E-state index in [1.54, 1.807) is 0 Å². The predicted octanol–water partition coefficient (Wildman–Crippen LogP) is 1.49. The Morgan fingerprint density at radius 2 is 1.94 bits per heavy atom. The van der Waals surface area contributed by atoms with Gasteiger partial charge in [0.05, 0.1) is 5.75 Å². The minimum atomic E-state index is -3.82. The van der Waals surface area contributed by atoms with Crippen LogP contribution in [0.25, 0.3) is 0 Å². The van der Waals surface area contributed by atoms with Crippen molar-refractivity contribution in [2.75, 3.05) is 12.3 Å². The summed E-state index contributed by atoms with van der Waals surface area (Å²) in [7, 11) is -3.82. The van der Waals surface area contributed by atoms with Crippen LogP contribution < -0.4 is 5.32 Å². The van der Waals surface area contributed by atoms with Crippen molar-refractivity contribution >= 4 is 10.1 Å². The predicted molar refractivity (Wildman–Crippen MR) is 68.6 cm³/mol. The van der Waals surface area contributed by atoms with Gasteiger partial charge in [-0.1, -0.05) is 30.3 Å². The van der Waals surface area contributed by atoms with E-state index in [9.17, 15) is 8.42 Å². The van der Waals surface area contributed by atoms with E-state index in [2.05, 4.69) is 24.4 Å². The topological polar surface area (TPSA) is 66.4 Å². The van der Waals surface area contributed by atoms with Crippen LogP contribution in [0.4, 0.5) is 0 Å². The molecule has 1 aromatic rings. The SMILES string of the molecule is C[C@@H](Cc1ccccc1)NCCCS(=O)(=O)O. The Bertz CT molecular complexity index is 417. The fourth-order valence-electron chi connectivity index (χ4n) is 1.64. The van der Waals surface area contributed by atoms with Crippen molar-refractivity contribution in [1.82, 2.24) is 5.32 Å². The lowest BCUT2D eigenvalue weighted by molar-refractivity contribution is 0.476. The van der Waals surface area contributed by atoms with E-state index >= 15 is 0 Å². The van der Waals surface area contributed by atoms with E-state index in [0.717, 1.165) is 6.42 Å². The zero-order valence-corrected chi connectivity index (χ0v) is 10.8. The van der Waals surface area contributed by atoms with E-state index in [1.165, 1.54) is 5.56 Å². The van der Waals surface area contributed by atoms with E-state index < -0.39 is 10.1 Å². The van der Waals surface area contributed by atoms with Crippen LogP contribution in [0.15, 0.2) is 30.3 Å². The third kappa shape index (κ3) is 7.10. The summed E-state index contributed by atoms with van der Waals surface area (Å²) in [6.07, 6.45) is 1.34. The fraction of sp³-hybridized carbons (Fsp3) is 0.500. The molecule has 0 heterocycles. The normalized spacial score (nSPS) is 13.5. The zero-order chi connectivity index (χ0) is 12.7. The lowest BCUT2D eigenvalue weighted by Gasteiger charge is -2.13. The van der Waals surface area contributed by atoms with Crippen molar-refractivity contribution in [3.63, 3.8) is 0 Å². The first-order chi connectivity index (χ1) is 7.97. The number of nitrogens with one attached hydrogen (secondary N) is 1. The molecule has 0 saturated heterocycles. The Kier molecular flexibility index (Phi) is 5.61. The molecule has 0 amide bonds. The van der Waals surface area contributed by atoms with Crippen molar-refractivity contribution < 1.29 is 13.0 Å². The Morgan fingerprint density at radius 3 is 2.53 bits per heavy atom. The summed E-state index contributed by atoms with van der Waals surface area (Å²) in [6.45, 7) is 2.65. The maximum Gasteiger partial charge on any atom is 0.264 e. The molecule has 5 heteroatoms. The van der Waals surface area contributed by atoms with Gasteiger partial charge in [0, 0.05) is 6.04 Å². The van der Waals surface area contributed by atoms with Gasteiger partial charge in [0.25, 0.3) is 10.1 Å². The van der Waals surface area contributed by atoms with Gasteiger partial charge in [-0.15, -0.1) is 0 Å². The fourth-order valence-corrected chi connectivity index (χ4v) is 2.15. The molecule has 0 aromatic heterocycles. The molecule has 1 aromatic carbocycles. The number of hydrogen-bond acceptors (Lipinski definition) is 3. The zero-order valence-electron chi connectivity index (χ0n) is 9.96. The molecule has 1 rings (SSSR count). The Balaban J connectivity index is 2.20. The highest BCUT2D eigenvalue weighted by atomic mass is 32.2. The average Bonchev–Trinajstić information content (AvgIpc) is 2.25. The van der Waals surface area contributed by atoms with Gasteiger partial charge in [0.1, 0.15) is 0 Å². The Hall–Kier alpha value is -0.910. The van der Waals surface area contributed by atoms with Crippen LogP contribution in [-0.2, 0) is 16.5 Å². The van der Waals surface area contributed by atoms with Gasteiger partial charge >= 0.3 is 0 Å². The molecule has 0 spiro atoms. The van der Waals surface area contributed by atoms with Gasteiger partial charge in [-0.2, -0.15) is 8.42 Å². The first-order valence-electron chi connectivity index (χ1n) is 5.70. The van der Waals surface area contributed by atoms with E-state index in [4.69, 9.17) is 4.55 Å². The van der Waals surface area contributed by atoms with Crippen molar-refractivity contribution in [2.45, 2.75) is 25.8 Å². The summed E-state index contributed by atoms with van der Waals surface area (Å²) >= 11 is 0. The van der Waals surface area contributed by atoms with Crippen LogP contribution >= 0.6 is 0 Å². The highest BCUT2D eigenvalue weighted by Crippen LogP contribution is 2.02. The summed E-state index contributed by atoms with van der Waals surface area (Å²) < 4.78 is 29.6. The molecule has 17 heavy (non-hydrogen) atoms. The highest BCUT2D eigenvalue weighted by Gasteiger charge is 2.05. The van der Waals surface area contributed by atoms with Crippen molar-refractivity contribution in [2.24, 2.45) is 0 Å². The smallest absolute Gasteiger partial charge is 0.264 e. The maximum atomic E-state index is 10.5. The highest BCUT2D eigenvalue weighted by molar-refractivity contribution is 7.85. The summed E-state index contributed by atoms with van der Waals surface area (Å²) in [5.74, 6) is -0.182. The van der Waals surface area contributed by atoms with Crippen molar-refractivity contribution in [1.29, 1.82) is 0 Å². The summed E-state index contributed by atoms with van der Waals surface area (Å²) in [4.78, 5) is 0. The Labute approximate surface area is 103 Å². The van der Waals surface area contributed by atoms with Gasteiger partial charge in [-0.25, -0.2) is 0 Å². The standard InChI is InChI=1S/C12H19NO3S/c1-11(10-12-6-3-2-4-7-12)13-8-5-9-17(14,15)16/h2-4,6-7,11,13H,5,8-10H2,1H3,(H,14,15,16)/t11-/m0/s1. The van der Waals surface area contributed by atoms with Crippen LogP contribution in [0, 0.1) is 0 Å². The molecule has 0 aliphatic heterocycles. The molecule has 4 nitrogen and oxygen atoms in total. The third-order valence-electron chi connectivity index (χ3n) is 2.46. The summed E-state index contributed by atoms with van der Waals surface area (Å²) in [5, 5.41) is 3.23. The molecule has 0 saturated carbocycles. The summed E-state index contributed by atoms with van der Waals surface area (Å²) in [5.41, 5.74) is 1.25. The number of hydrogen-bond donors (Lipinski definition) is 2. The van der Waals surface area contributed by atoms with Gasteiger partial charge in [0.2, 0.25) is 0 Å². The number of benzene rings is 1. The Morgan fingerprint density at radius 1 is 1.29 bits per heavy atom. The summed E-state index contributed by atoms with van der Waals surface area (Å²) in [6, 6.07) is 10.4. The molecule has 0 unspecified atom stereocenters. The molecule has 0 fully saturated rings. The number of rotatable bonds is 7. The van der Waals surface area contributed by atoms with Gasteiger partial charge in [-0.05, 0) is 31.9 Å².